The molecular formula is C19H23N5O3. The standard InChI is InChI=1S/C19H23N5O3/c1-13(2)10-27-15-6-3-5-14(9-15)19(25)26-8-4-7-24-12-23-16-17(20)21-11-22-18(16)24/h3,5-6,9,11-13H,4,7-8,10H2,1-2H3,(H2,20,21,22). The van der Waals surface area contributed by atoms with Crippen molar-refractivity contribution >= 4 is 23.0 Å². The van der Waals surface area contributed by atoms with Crippen LogP contribution >= 0.6 is 0 Å². The predicted octanol–water partition coefficient (Wildman–Crippen LogP) is 2.69. The van der Waals surface area contributed by atoms with Crippen molar-refractivity contribution in [1.82, 2.24) is 19.5 Å². The number of aryl methyl sites for hydroxylation is 1. The monoisotopic (exact) mass is 369 g/mol. The summed E-state index contributed by atoms with van der Waals surface area (Å²) >= 11 is 0. The molecule has 0 bridgehead atoms. The van der Waals surface area contributed by atoms with Gasteiger partial charge in [0.05, 0.1) is 25.1 Å². The molecule has 0 saturated heterocycles. The van der Waals surface area contributed by atoms with Gasteiger partial charge in [-0.05, 0) is 30.5 Å². The number of nitrogens with zero attached hydrogens (tertiary/aromatic N) is 4. The van der Waals surface area contributed by atoms with Crippen LogP contribution in [0.3, 0.4) is 0 Å². The number of aromatic nitrogens is 4. The van der Waals surface area contributed by atoms with Crippen molar-refractivity contribution < 1.29 is 14.3 Å². The molecule has 3 rings (SSSR count). The zero-order valence-electron chi connectivity index (χ0n) is 15.5. The van der Waals surface area contributed by atoms with E-state index in [0.29, 0.717) is 53.8 Å². The highest BCUT2D eigenvalue weighted by Crippen LogP contribution is 2.16. The molecule has 1 aromatic carbocycles. The molecule has 0 unspecified atom stereocenters. The van der Waals surface area contributed by atoms with E-state index < -0.39 is 0 Å². The summed E-state index contributed by atoms with van der Waals surface area (Å²) in [6.07, 6.45) is 3.70. The molecule has 0 radical (unpaired) electrons. The van der Waals surface area contributed by atoms with Gasteiger partial charge in [-0.2, -0.15) is 0 Å². The van der Waals surface area contributed by atoms with Gasteiger partial charge >= 0.3 is 5.97 Å². The SMILES string of the molecule is CC(C)COc1cccc(C(=O)OCCCn2cnc3c(N)ncnc32)c1. The number of hydrogen-bond donors (Lipinski definition) is 1. The summed E-state index contributed by atoms with van der Waals surface area (Å²) < 4.78 is 12.9. The first kappa shape index (κ1) is 18.6. The van der Waals surface area contributed by atoms with Crippen LogP contribution in [-0.2, 0) is 11.3 Å². The van der Waals surface area contributed by atoms with Gasteiger partial charge in [0.25, 0.3) is 0 Å². The van der Waals surface area contributed by atoms with Crippen LogP contribution in [0.25, 0.3) is 11.2 Å². The second-order valence-electron chi connectivity index (χ2n) is 6.59. The fourth-order valence-electron chi connectivity index (χ4n) is 2.52. The number of ether oxygens (including phenoxy) is 2. The van der Waals surface area contributed by atoms with Crippen molar-refractivity contribution in [1.29, 1.82) is 0 Å². The molecule has 8 heteroatoms. The Morgan fingerprint density at radius 2 is 2.11 bits per heavy atom. The Bertz CT molecular complexity index is 923. The minimum absolute atomic E-state index is 0.288. The number of esters is 1. The van der Waals surface area contributed by atoms with Crippen molar-refractivity contribution in [3.63, 3.8) is 0 Å². The van der Waals surface area contributed by atoms with E-state index in [-0.39, 0.29) is 12.6 Å². The summed E-state index contributed by atoms with van der Waals surface area (Å²) in [5, 5.41) is 0. The second kappa shape index (κ2) is 8.48. The molecule has 0 aliphatic heterocycles. The number of nitrogens with two attached hydrogens (primary N) is 1. The number of nitrogen functional groups attached to an aromatic ring is 1. The third-order valence-corrected chi connectivity index (χ3v) is 3.86. The third-order valence-electron chi connectivity index (χ3n) is 3.86. The van der Waals surface area contributed by atoms with Gasteiger partial charge in [-0.15, -0.1) is 0 Å². The molecule has 27 heavy (non-hydrogen) atoms. The molecule has 8 nitrogen and oxygen atoms in total. The van der Waals surface area contributed by atoms with Crippen LogP contribution < -0.4 is 10.5 Å². The summed E-state index contributed by atoms with van der Waals surface area (Å²) in [4.78, 5) is 24.5. The van der Waals surface area contributed by atoms with E-state index in [1.165, 1.54) is 6.33 Å². The molecule has 2 heterocycles. The topological polar surface area (TPSA) is 105 Å². The van der Waals surface area contributed by atoms with E-state index in [1.54, 1.807) is 24.5 Å². The lowest BCUT2D eigenvalue weighted by molar-refractivity contribution is 0.0495. The fourth-order valence-corrected chi connectivity index (χ4v) is 2.52. The van der Waals surface area contributed by atoms with Crippen LogP contribution in [0.4, 0.5) is 5.82 Å². The normalized spacial score (nSPS) is 11.1. The molecule has 2 aromatic heterocycles. The van der Waals surface area contributed by atoms with Crippen LogP contribution in [0.2, 0.25) is 0 Å². The Kier molecular flexibility index (Phi) is 5.85. The van der Waals surface area contributed by atoms with Gasteiger partial charge in [0.2, 0.25) is 0 Å². The number of benzene rings is 1. The van der Waals surface area contributed by atoms with Crippen molar-refractivity contribution in [2.24, 2.45) is 5.92 Å². The van der Waals surface area contributed by atoms with Crippen LogP contribution in [-0.4, -0.2) is 38.7 Å². The van der Waals surface area contributed by atoms with Crippen LogP contribution in [0.1, 0.15) is 30.6 Å². The number of hydrogen-bond acceptors (Lipinski definition) is 7. The van der Waals surface area contributed by atoms with Gasteiger partial charge in [0, 0.05) is 6.54 Å². The van der Waals surface area contributed by atoms with Crippen LogP contribution in [0.15, 0.2) is 36.9 Å². The molecule has 0 atom stereocenters. The van der Waals surface area contributed by atoms with E-state index in [4.69, 9.17) is 15.2 Å². The van der Waals surface area contributed by atoms with Gasteiger partial charge < -0.3 is 19.8 Å². The van der Waals surface area contributed by atoms with Crippen molar-refractivity contribution in [3.05, 3.63) is 42.5 Å². The molecule has 0 aliphatic carbocycles. The molecule has 3 aromatic rings. The summed E-state index contributed by atoms with van der Waals surface area (Å²) in [6, 6.07) is 7.03. The van der Waals surface area contributed by atoms with Crippen molar-refractivity contribution in [3.8, 4) is 5.75 Å². The van der Waals surface area contributed by atoms with E-state index in [9.17, 15) is 4.79 Å². The predicted molar refractivity (Wildman–Crippen MR) is 101 cm³/mol. The fraction of sp³-hybridized carbons (Fsp3) is 0.368. The molecule has 0 spiro atoms. The van der Waals surface area contributed by atoms with E-state index >= 15 is 0 Å². The van der Waals surface area contributed by atoms with Gasteiger partial charge in [-0.25, -0.2) is 19.7 Å². The van der Waals surface area contributed by atoms with Crippen molar-refractivity contribution in [2.45, 2.75) is 26.8 Å². The first-order valence-electron chi connectivity index (χ1n) is 8.86. The van der Waals surface area contributed by atoms with Crippen molar-refractivity contribution in [2.75, 3.05) is 18.9 Å². The van der Waals surface area contributed by atoms with E-state index in [2.05, 4.69) is 28.8 Å². The Morgan fingerprint density at radius 3 is 2.93 bits per heavy atom. The smallest absolute Gasteiger partial charge is 0.338 e. The zero-order chi connectivity index (χ0) is 19.2. The Morgan fingerprint density at radius 1 is 1.26 bits per heavy atom. The maximum atomic E-state index is 12.2. The lowest BCUT2D eigenvalue weighted by atomic mass is 10.2. The zero-order valence-corrected chi connectivity index (χ0v) is 15.5. The molecule has 0 saturated carbocycles. The lowest BCUT2D eigenvalue weighted by Crippen LogP contribution is -2.10. The largest absolute Gasteiger partial charge is 0.493 e. The van der Waals surface area contributed by atoms with Crippen LogP contribution in [0, 0.1) is 5.92 Å². The molecular weight excluding hydrogens is 346 g/mol. The molecule has 2 N–H and O–H groups in total. The first-order valence-corrected chi connectivity index (χ1v) is 8.86. The Labute approximate surface area is 157 Å². The third kappa shape index (κ3) is 4.72. The second-order valence-corrected chi connectivity index (χ2v) is 6.59. The number of carbonyl (C=O) groups is 1. The average Bonchev–Trinajstić information content (AvgIpc) is 3.08. The molecule has 0 amide bonds. The minimum Gasteiger partial charge on any atom is -0.493 e. The quantitative estimate of drug-likeness (QED) is 0.481. The lowest BCUT2D eigenvalue weighted by Gasteiger charge is -2.10. The number of anilines is 1. The van der Waals surface area contributed by atoms with Gasteiger partial charge in [0.1, 0.15) is 17.6 Å². The van der Waals surface area contributed by atoms with Gasteiger partial charge in [-0.1, -0.05) is 19.9 Å². The van der Waals surface area contributed by atoms with Gasteiger partial charge in [0.15, 0.2) is 11.5 Å². The average molecular weight is 369 g/mol. The summed E-state index contributed by atoms with van der Waals surface area (Å²) in [7, 11) is 0. The van der Waals surface area contributed by atoms with Crippen LogP contribution in [0.5, 0.6) is 5.75 Å². The Balaban J connectivity index is 1.51. The maximum absolute atomic E-state index is 12.2. The highest BCUT2D eigenvalue weighted by molar-refractivity contribution is 5.89. The number of fused-ring (bicyclic) bond motifs is 1. The Hall–Kier alpha value is -3.16. The van der Waals surface area contributed by atoms with Gasteiger partial charge in [-0.3, -0.25) is 0 Å². The highest BCUT2D eigenvalue weighted by Gasteiger charge is 2.10. The molecule has 0 aliphatic rings. The molecule has 0 fully saturated rings. The number of imidazole rings is 1. The van der Waals surface area contributed by atoms with E-state index in [0.717, 1.165) is 0 Å². The maximum Gasteiger partial charge on any atom is 0.338 e. The minimum atomic E-state index is -0.368. The van der Waals surface area contributed by atoms with E-state index in [1.807, 2.05) is 10.6 Å². The summed E-state index contributed by atoms with van der Waals surface area (Å²) in [6.45, 7) is 5.64. The molecule has 142 valence electrons. The highest BCUT2D eigenvalue weighted by atomic mass is 16.5. The summed E-state index contributed by atoms with van der Waals surface area (Å²) in [5.41, 5.74) is 7.50. The number of rotatable bonds is 8. The summed E-state index contributed by atoms with van der Waals surface area (Å²) in [5.74, 6) is 1.07. The number of carbonyl (C=O) groups excluding carboxylic acids is 1. The first-order chi connectivity index (χ1) is 13.0.